The van der Waals surface area contributed by atoms with Gasteiger partial charge in [0.25, 0.3) is 5.91 Å². The molecule has 2 N–H and O–H groups in total. The molecule has 1 heterocycles. The summed E-state index contributed by atoms with van der Waals surface area (Å²) in [5, 5.41) is 12.5. The highest BCUT2D eigenvalue weighted by molar-refractivity contribution is 7.99. The first-order chi connectivity index (χ1) is 12.0. The number of amides is 1. The summed E-state index contributed by atoms with van der Waals surface area (Å²) in [4.78, 5) is 22.7. The minimum Gasteiger partial charge on any atom is -0.481 e. The van der Waals surface area contributed by atoms with Gasteiger partial charge in [-0.05, 0) is 37.6 Å². The second-order valence-electron chi connectivity index (χ2n) is 5.79. The molecule has 0 unspecified atom stereocenters. The first-order valence-electron chi connectivity index (χ1n) is 8.11. The Morgan fingerprint density at radius 2 is 2.08 bits per heavy atom. The molecule has 0 aliphatic carbocycles. The number of thioether (sulfide) groups is 1. The number of aliphatic carboxylic acids is 1. The van der Waals surface area contributed by atoms with E-state index in [9.17, 15) is 9.59 Å². The number of hydrogen-bond donors (Lipinski definition) is 2. The van der Waals surface area contributed by atoms with Gasteiger partial charge in [0.15, 0.2) is 0 Å². The summed E-state index contributed by atoms with van der Waals surface area (Å²) < 4.78 is 7.38. The van der Waals surface area contributed by atoms with Gasteiger partial charge in [0, 0.05) is 48.1 Å². The van der Waals surface area contributed by atoms with Gasteiger partial charge < -0.3 is 19.7 Å². The zero-order chi connectivity index (χ0) is 18.4. The second kappa shape index (κ2) is 8.92. The Labute approximate surface area is 151 Å². The molecular weight excluding hydrogens is 340 g/mol. The molecule has 1 aromatic heterocycles. The van der Waals surface area contributed by atoms with Crippen LogP contribution in [-0.2, 0) is 16.1 Å². The van der Waals surface area contributed by atoms with Gasteiger partial charge in [0.05, 0.1) is 12.4 Å². The van der Waals surface area contributed by atoms with Crippen molar-refractivity contribution >= 4 is 34.5 Å². The van der Waals surface area contributed by atoms with Crippen molar-refractivity contribution in [1.29, 1.82) is 0 Å². The summed E-state index contributed by atoms with van der Waals surface area (Å²) in [6.45, 7) is 6.00. The third-order valence-corrected chi connectivity index (χ3v) is 5.12. The molecule has 2 rings (SSSR count). The van der Waals surface area contributed by atoms with Crippen LogP contribution in [0.2, 0.25) is 0 Å². The van der Waals surface area contributed by atoms with Crippen molar-refractivity contribution in [1.82, 2.24) is 9.88 Å². The van der Waals surface area contributed by atoms with Crippen LogP contribution in [0.3, 0.4) is 0 Å². The number of rotatable bonds is 9. The maximum Gasteiger partial charge on any atom is 0.313 e. The van der Waals surface area contributed by atoms with Gasteiger partial charge in [0.1, 0.15) is 0 Å². The van der Waals surface area contributed by atoms with Crippen molar-refractivity contribution in [2.45, 2.75) is 20.4 Å². The Bertz CT molecular complexity index is 770. The Morgan fingerprint density at radius 3 is 2.76 bits per heavy atom. The van der Waals surface area contributed by atoms with E-state index >= 15 is 0 Å². The van der Waals surface area contributed by atoms with Crippen molar-refractivity contribution in [3.05, 3.63) is 35.0 Å². The maximum atomic E-state index is 12.3. The molecule has 0 saturated carbocycles. The molecule has 0 bridgehead atoms. The van der Waals surface area contributed by atoms with Crippen LogP contribution in [-0.4, -0.2) is 53.3 Å². The van der Waals surface area contributed by atoms with Crippen molar-refractivity contribution in [2.24, 2.45) is 0 Å². The predicted molar refractivity (Wildman–Crippen MR) is 101 cm³/mol. The summed E-state index contributed by atoms with van der Waals surface area (Å²) in [5.74, 6) is -0.355. The molecule has 0 atom stereocenters. The molecule has 6 nitrogen and oxygen atoms in total. The number of carbonyl (C=O) groups excluding carboxylic acids is 1. The minimum absolute atomic E-state index is 0.0509. The monoisotopic (exact) mass is 364 g/mol. The zero-order valence-electron chi connectivity index (χ0n) is 14.8. The molecule has 7 heteroatoms. The SMILES string of the molecule is COCCn1c(C)c(C)c2cc(C(=O)NCCSCC(=O)O)ccc21. The lowest BCUT2D eigenvalue weighted by molar-refractivity contribution is -0.133. The summed E-state index contributed by atoms with van der Waals surface area (Å²) in [7, 11) is 1.69. The van der Waals surface area contributed by atoms with E-state index in [1.54, 1.807) is 7.11 Å². The van der Waals surface area contributed by atoms with E-state index in [4.69, 9.17) is 9.84 Å². The normalized spacial score (nSPS) is 11.0. The Morgan fingerprint density at radius 1 is 1.32 bits per heavy atom. The molecule has 1 amide bonds. The highest BCUT2D eigenvalue weighted by atomic mass is 32.2. The number of carboxylic acid groups (broad SMARTS) is 1. The molecule has 0 fully saturated rings. The Kier molecular flexibility index (Phi) is 6.90. The van der Waals surface area contributed by atoms with Crippen molar-refractivity contribution in [3.8, 4) is 0 Å². The van der Waals surface area contributed by atoms with E-state index in [1.165, 1.54) is 17.5 Å². The number of nitrogens with one attached hydrogen (secondary N) is 1. The van der Waals surface area contributed by atoms with E-state index in [1.807, 2.05) is 18.2 Å². The first-order valence-corrected chi connectivity index (χ1v) is 9.27. The number of carbonyl (C=O) groups is 2. The van der Waals surface area contributed by atoms with Crippen molar-refractivity contribution in [2.75, 3.05) is 31.8 Å². The highest BCUT2D eigenvalue weighted by Gasteiger charge is 2.13. The van der Waals surface area contributed by atoms with Gasteiger partial charge in [-0.1, -0.05) is 0 Å². The van der Waals surface area contributed by atoms with Gasteiger partial charge in [-0.25, -0.2) is 0 Å². The topological polar surface area (TPSA) is 80.6 Å². The van der Waals surface area contributed by atoms with Crippen LogP contribution < -0.4 is 5.32 Å². The average Bonchev–Trinajstić information content (AvgIpc) is 2.83. The molecule has 1 aromatic carbocycles. The number of aromatic nitrogens is 1. The van der Waals surface area contributed by atoms with Crippen LogP contribution in [0.25, 0.3) is 10.9 Å². The van der Waals surface area contributed by atoms with Gasteiger partial charge in [-0.3, -0.25) is 9.59 Å². The lowest BCUT2D eigenvalue weighted by Crippen LogP contribution is -2.26. The number of carboxylic acids is 1. The molecule has 0 radical (unpaired) electrons. The van der Waals surface area contributed by atoms with Crippen LogP contribution in [0.15, 0.2) is 18.2 Å². The lowest BCUT2D eigenvalue weighted by Gasteiger charge is -2.08. The zero-order valence-corrected chi connectivity index (χ0v) is 15.6. The smallest absolute Gasteiger partial charge is 0.313 e. The molecule has 0 aliphatic rings. The largest absolute Gasteiger partial charge is 0.481 e. The van der Waals surface area contributed by atoms with Gasteiger partial charge >= 0.3 is 5.97 Å². The molecule has 0 aliphatic heterocycles. The minimum atomic E-state index is -0.842. The predicted octanol–water partition coefficient (Wildman–Crippen LogP) is 2.45. The van der Waals surface area contributed by atoms with Crippen LogP contribution in [0.4, 0.5) is 0 Å². The lowest BCUT2D eigenvalue weighted by atomic mass is 10.1. The van der Waals surface area contributed by atoms with E-state index in [0.717, 1.165) is 23.0 Å². The number of ether oxygens (including phenoxy) is 1. The number of aryl methyl sites for hydroxylation is 1. The van der Waals surface area contributed by atoms with E-state index in [-0.39, 0.29) is 11.7 Å². The first kappa shape index (κ1) is 19.3. The van der Waals surface area contributed by atoms with Gasteiger partial charge in [-0.2, -0.15) is 0 Å². The fourth-order valence-corrected chi connectivity index (χ4v) is 3.33. The molecule has 25 heavy (non-hydrogen) atoms. The molecule has 0 saturated heterocycles. The number of hydrogen-bond acceptors (Lipinski definition) is 4. The summed E-state index contributed by atoms with van der Waals surface area (Å²) in [6.07, 6.45) is 0. The standard InChI is InChI=1S/C18H24N2O4S/c1-12-13(2)20(7-8-24-3)16-5-4-14(10-15(12)16)18(23)19-6-9-25-11-17(21)22/h4-5,10H,6-9,11H2,1-3H3,(H,19,23)(H,21,22). The van der Waals surface area contributed by atoms with Crippen molar-refractivity contribution < 1.29 is 19.4 Å². The maximum absolute atomic E-state index is 12.3. The summed E-state index contributed by atoms with van der Waals surface area (Å²) in [5.41, 5.74) is 4.05. The van der Waals surface area contributed by atoms with Gasteiger partial charge in [0.2, 0.25) is 0 Å². The Hall–Kier alpha value is -1.99. The van der Waals surface area contributed by atoms with E-state index < -0.39 is 5.97 Å². The number of nitrogens with zero attached hydrogens (tertiary/aromatic N) is 1. The van der Waals surface area contributed by atoms with E-state index in [0.29, 0.717) is 24.5 Å². The summed E-state index contributed by atoms with van der Waals surface area (Å²) in [6, 6.07) is 5.71. The Balaban J connectivity index is 2.08. The molecule has 2 aromatic rings. The fraction of sp³-hybridized carbons (Fsp3) is 0.444. The third-order valence-electron chi connectivity index (χ3n) is 4.18. The fourth-order valence-electron chi connectivity index (χ4n) is 2.76. The van der Waals surface area contributed by atoms with Gasteiger partial charge in [-0.15, -0.1) is 11.8 Å². The van der Waals surface area contributed by atoms with E-state index in [2.05, 4.69) is 23.7 Å². The molecule has 136 valence electrons. The molecular formula is C18H24N2O4S. The highest BCUT2D eigenvalue weighted by Crippen LogP contribution is 2.26. The van der Waals surface area contributed by atoms with Crippen LogP contribution >= 0.6 is 11.8 Å². The van der Waals surface area contributed by atoms with Crippen LogP contribution in [0.5, 0.6) is 0 Å². The van der Waals surface area contributed by atoms with Crippen molar-refractivity contribution in [3.63, 3.8) is 0 Å². The number of benzene rings is 1. The quantitative estimate of drug-likeness (QED) is 0.668. The average molecular weight is 364 g/mol. The number of methoxy groups -OCH3 is 1. The van der Waals surface area contributed by atoms with Crippen LogP contribution in [0.1, 0.15) is 21.6 Å². The second-order valence-corrected chi connectivity index (χ2v) is 6.89. The summed E-state index contributed by atoms with van der Waals surface area (Å²) >= 11 is 1.29. The third kappa shape index (κ3) is 4.76. The van der Waals surface area contributed by atoms with Crippen LogP contribution in [0, 0.1) is 13.8 Å². The molecule has 0 spiro atoms. The number of fused-ring (bicyclic) bond motifs is 1.